The molecule has 0 aliphatic rings. The SMILES string of the molecule is COc1ccc2cc(CNc3cc4nc[nH]c(=O)c4cc3[N+](=O)[O-])ccc2c1. The normalized spacial score (nSPS) is 10.9. The first-order valence-corrected chi connectivity index (χ1v) is 8.51. The summed E-state index contributed by atoms with van der Waals surface area (Å²) in [6.07, 6.45) is 1.28. The molecule has 1 aromatic heterocycles. The molecule has 0 fully saturated rings. The standard InChI is InChI=1S/C20H16N4O4/c1-28-15-5-4-13-6-12(2-3-14(13)7-15)10-21-18-9-17-16(8-19(18)24(26)27)20(25)23-11-22-17/h2-9,11,21H,10H2,1H3,(H,22,23,25). The van der Waals surface area contributed by atoms with E-state index in [0.29, 0.717) is 17.7 Å². The van der Waals surface area contributed by atoms with Gasteiger partial charge in [0.05, 0.1) is 29.3 Å². The van der Waals surface area contributed by atoms with Crippen molar-refractivity contribution in [1.82, 2.24) is 9.97 Å². The third-order valence-corrected chi connectivity index (χ3v) is 4.55. The Hall–Kier alpha value is -3.94. The van der Waals surface area contributed by atoms with E-state index in [1.165, 1.54) is 18.5 Å². The molecule has 28 heavy (non-hydrogen) atoms. The van der Waals surface area contributed by atoms with Crippen LogP contribution in [0.1, 0.15) is 5.56 Å². The maximum Gasteiger partial charge on any atom is 0.293 e. The monoisotopic (exact) mass is 376 g/mol. The lowest BCUT2D eigenvalue weighted by Crippen LogP contribution is -2.09. The molecular weight excluding hydrogens is 360 g/mol. The number of benzene rings is 3. The zero-order valence-corrected chi connectivity index (χ0v) is 14.9. The number of aromatic amines is 1. The largest absolute Gasteiger partial charge is 0.497 e. The fourth-order valence-electron chi connectivity index (χ4n) is 3.10. The number of methoxy groups -OCH3 is 1. The molecule has 0 saturated heterocycles. The zero-order valence-electron chi connectivity index (χ0n) is 14.9. The van der Waals surface area contributed by atoms with Crippen molar-refractivity contribution in [1.29, 1.82) is 0 Å². The van der Waals surface area contributed by atoms with Crippen molar-refractivity contribution >= 4 is 33.1 Å². The van der Waals surface area contributed by atoms with Crippen LogP contribution in [0.4, 0.5) is 11.4 Å². The van der Waals surface area contributed by atoms with Crippen molar-refractivity contribution in [3.05, 3.63) is 80.9 Å². The van der Waals surface area contributed by atoms with Crippen molar-refractivity contribution in [2.45, 2.75) is 6.54 Å². The lowest BCUT2D eigenvalue weighted by Gasteiger charge is -2.10. The number of nitrogens with one attached hydrogen (secondary N) is 2. The number of ether oxygens (including phenoxy) is 1. The van der Waals surface area contributed by atoms with Gasteiger partial charge in [-0.2, -0.15) is 0 Å². The van der Waals surface area contributed by atoms with Crippen LogP contribution in [-0.2, 0) is 6.54 Å². The molecule has 4 rings (SSSR count). The summed E-state index contributed by atoms with van der Waals surface area (Å²) in [5, 5.41) is 16.8. The molecule has 140 valence electrons. The topological polar surface area (TPSA) is 110 Å². The second-order valence-corrected chi connectivity index (χ2v) is 6.28. The summed E-state index contributed by atoms with van der Waals surface area (Å²) in [7, 11) is 1.62. The van der Waals surface area contributed by atoms with E-state index in [4.69, 9.17) is 4.74 Å². The average Bonchev–Trinajstić information content (AvgIpc) is 2.71. The molecule has 0 radical (unpaired) electrons. The second kappa shape index (κ2) is 6.99. The highest BCUT2D eigenvalue weighted by atomic mass is 16.6. The Bertz CT molecular complexity index is 1270. The van der Waals surface area contributed by atoms with Crippen LogP contribution in [0.15, 0.2) is 59.7 Å². The third-order valence-electron chi connectivity index (χ3n) is 4.55. The molecule has 0 atom stereocenters. The van der Waals surface area contributed by atoms with Crippen molar-refractivity contribution in [2.24, 2.45) is 0 Å². The Morgan fingerprint density at radius 3 is 2.71 bits per heavy atom. The van der Waals surface area contributed by atoms with E-state index >= 15 is 0 Å². The second-order valence-electron chi connectivity index (χ2n) is 6.28. The van der Waals surface area contributed by atoms with Gasteiger partial charge in [-0.05, 0) is 40.6 Å². The molecule has 0 bridgehead atoms. The minimum atomic E-state index is -0.513. The molecule has 3 aromatic carbocycles. The molecule has 8 nitrogen and oxygen atoms in total. The van der Waals surface area contributed by atoms with Gasteiger partial charge in [0.15, 0.2) is 0 Å². The van der Waals surface area contributed by atoms with Crippen LogP contribution in [-0.4, -0.2) is 22.0 Å². The molecular formula is C20H16N4O4. The maximum atomic E-state index is 11.9. The van der Waals surface area contributed by atoms with Gasteiger partial charge in [0.2, 0.25) is 0 Å². The van der Waals surface area contributed by atoms with Crippen molar-refractivity contribution < 1.29 is 9.66 Å². The Balaban J connectivity index is 1.66. The highest BCUT2D eigenvalue weighted by molar-refractivity contribution is 5.87. The molecule has 8 heteroatoms. The number of nitro groups is 1. The molecule has 0 aliphatic carbocycles. The molecule has 0 unspecified atom stereocenters. The number of H-pyrrole nitrogens is 1. The predicted octanol–water partition coefficient (Wildman–Crippen LogP) is 3.61. The Labute approximate surface area is 158 Å². The molecule has 1 heterocycles. The van der Waals surface area contributed by atoms with E-state index in [9.17, 15) is 14.9 Å². The van der Waals surface area contributed by atoms with Gasteiger partial charge in [0, 0.05) is 12.6 Å². The first kappa shape index (κ1) is 17.5. The molecule has 4 aromatic rings. The van der Waals surface area contributed by atoms with Crippen LogP contribution in [0.2, 0.25) is 0 Å². The number of anilines is 1. The summed E-state index contributed by atoms with van der Waals surface area (Å²) in [5.74, 6) is 0.785. The summed E-state index contributed by atoms with van der Waals surface area (Å²) in [6.45, 7) is 0.386. The van der Waals surface area contributed by atoms with E-state index in [1.807, 2.05) is 36.4 Å². The van der Waals surface area contributed by atoms with E-state index in [1.54, 1.807) is 7.11 Å². The average molecular weight is 376 g/mol. The summed E-state index contributed by atoms with van der Waals surface area (Å²) in [4.78, 5) is 29.3. The van der Waals surface area contributed by atoms with Crippen molar-refractivity contribution in [2.75, 3.05) is 12.4 Å². The minimum absolute atomic E-state index is 0.170. The van der Waals surface area contributed by atoms with Gasteiger partial charge in [0.25, 0.3) is 11.2 Å². The first-order valence-electron chi connectivity index (χ1n) is 8.51. The Morgan fingerprint density at radius 2 is 1.93 bits per heavy atom. The molecule has 0 spiro atoms. The highest BCUT2D eigenvalue weighted by Gasteiger charge is 2.17. The van der Waals surface area contributed by atoms with Gasteiger partial charge >= 0.3 is 0 Å². The number of hydrogen-bond acceptors (Lipinski definition) is 6. The zero-order chi connectivity index (χ0) is 19.7. The summed E-state index contributed by atoms with van der Waals surface area (Å²) in [5.41, 5.74) is 1.08. The van der Waals surface area contributed by atoms with E-state index in [0.717, 1.165) is 22.1 Å². The molecule has 2 N–H and O–H groups in total. The van der Waals surface area contributed by atoms with E-state index in [-0.39, 0.29) is 11.1 Å². The number of hydrogen-bond donors (Lipinski definition) is 2. The fraction of sp³-hybridized carbons (Fsp3) is 0.100. The van der Waals surface area contributed by atoms with Gasteiger partial charge in [-0.15, -0.1) is 0 Å². The Morgan fingerprint density at radius 1 is 1.14 bits per heavy atom. The van der Waals surface area contributed by atoms with Crippen LogP contribution >= 0.6 is 0 Å². The van der Waals surface area contributed by atoms with Gasteiger partial charge in [-0.3, -0.25) is 14.9 Å². The van der Waals surface area contributed by atoms with Crippen LogP contribution < -0.4 is 15.6 Å². The highest BCUT2D eigenvalue weighted by Crippen LogP contribution is 2.29. The number of aromatic nitrogens is 2. The quantitative estimate of drug-likeness (QED) is 0.407. The maximum absolute atomic E-state index is 11.9. The van der Waals surface area contributed by atoms with Gasteiger partial charge in [-0.1, -0.05) is 18.2 Å². The van der Waals surface area contributed by atoms with Gasteiger partial charge < -0.3 is 15.0 Å². The first-order chi connectivity index (χ1) is 13.5. The minimum Gasteiger partial charge on any atom is -0.497 e. The molecule has 0 amide bonds. The van der Waals surface area contributed by atoms with Gasteiger partial charge in [-0.25, -0.2) is 4.98 Å². The molecule has 0 saturated carbocycles. The van der Waals surface area contributed by atoms with Crippen LogP contribution in [0.25, 0.3) is 21.7 Å². The van der Waals surface area contributed by atoms with Crippen LogP contribution in [0.5, 0.6) is 5.75 Å². The van der Waals surface area contributed by atoms with Crippen molar-refractivity contribution in [3.8, 4) is 5.75 Å². The lowest BCUT2D eigenvalue weighted by molar-refractivity contribution is -0.383. The molecule has 0 aliphatic heterocycles. The fourth-order valence-corrected chi connectivity index (χ4v) is 3.10. The predicted molar refractivity (Wildman–Crippen MR) is 107 cm³/mol. The van der Waals surface area contributed by atoms with Crippen LogP contribution in [0.3, 0.4) is 0 Å². The van der Waals surface area contributed by atoms with E-state index in [2.05, 4.69) is 15.3 Å². The van der Waals surface area contributed by atoms with Crippen LogP contribution in [0, 0.1) is 10.1 Å². The third kappa shape index (κ3) is 3.23. The van der Waals surface area contributed by atoms with Crippen molar-refractivity contribution in [3.63, 3.8) is 0 Å². The number of fused-ring (bicyclic) bond motifs is 2. The Kier molecular flexibility index (Phi) is 4.36. The number of rotatable bonds is 5. The van der Waals surface area contributed by atoms with E-state index < -0.39 is 10.5 Å². The lowest BCUT2D eigenvalue weighted by atomic mass is 10.1. The summed E-state index contributed by atoms with van der Waals surface area (Å²) >= 11 is 0. The summed E-state index contributed by atoms with van der Waals surface area (Å²) < 4.78 is 5.23. The number of nitrogens with zero attached hydrogens (tertiary/aromatic N) is 2. The summed E-state index contributed by atoms with van der Waals surface area (Å²) in [6, 6.07) is 14.5. The smallest absolute Gasteiger partial charge is 0.293 e. The number of nitro benzene ring substituents is 1. The van der Waals surface area contributed by atoms with Gasteiger partial charge in [0.1, 0.15) is 11.4 Å².